The van der Waals surface area contributed by atoms with Gasteiger partial charge >= 0.3 is 6.03 Å². The number of rotatable bonds is 7. The molecule has 2 aliphatic rings. The fourth-order valence-corrected chi connectivity index (χ4v) is 4.95. The van der Waals surface area contributed by atoms with Gasteiger partial charge in [-0.1, -0.05) is 41.9 Å². The third kappa shape index (κ3) is 4.71. The maximum absolute atomic E-state index is 13.3. The predicted molar refractivity (Wildman–Crippen MR) is 126 cm³/mol. The molecule has 2 aromatic rings. The normalized spacial score (nSPS) is 19.2. The molecule has 0 saturated carbocycles. The molecule has 3 heterocycles. The maximum Gasteiger partial charge on any atom is 0.327 e. The molecule has 3 amide bonds. The van der Waals surface area contributed by atoms with Crippen LogP contribution in [0.5, 0.6) is 0 Å². The van der Waals surface area contributed by atoms with Crippen LogP contribution in [0.25, 0.3) is 6.08 Å². The highest BCUT2D eigenvalue weighted by Crippen LogP contribution is 2.36. The Hall–Kier alpha value is -2.70. The molecule has 0 radical (unpaired) electrons. The van der Waals surface area contributed by atoms with Crippen LogP contribution >= 0.6 is 11.6 Å². The quantitative estimate of drug-likeness (QED) is 0.595. The van der Waals surface area contributed by atoms with E-state index >= 15 is 0 Å². The number of benzene rings is 1. The zero-order valence-corrected chi connectivity index (χ0v) is 19.2. The summed E-state index contributed by atoms with van der Waals surface area (Å²) >= 11 is 6.49. The summed E-state index contributed by atoms with van der Waals surface area (Å²) in [5, 5.41) is 0.770. The second kappa shape index (κ2) is 9.84. The third-order valence-corrected chi connectivity index (χ3v) is 6.81. The van der Waals surface area contributed by atoms with E-state index in [2.05, 4.69) is 9.88 Å². The molecule has 2 fully saturated rings. The number of aryl methyl sites for hydroxylation is 1. The van der Waals surface area contributed by atoms with Crippen LogP contribution in [0, 0.1) is 0 Å². The minimum Gasteiger partial charge on any atom is -0.312 e. The Kier molecular flexibility index (Phi) is 6.92. The molecular formula is C25H29ClN4O2. The first-order chi connectivity index (χ1) is 15.5. The van der Waals surface area contributed by atoms with E-state index in [9.17, 15) is 9.59 Å². The van der Waals surface area contributed by atoms with Crippen LogP contribution < -0.4 is 0 Å². The molecular weight excluding hydrogens is 424 g/mol. The first kappa shape index (κ1) is 22.5. The minimum absolute atomic E-state index is 0.0506. The summed E-state index contributed by atoms with van der Waals surface area (Å²) in [7, 11) is 1.76. The molecule has 4 rings (SSSR count). The van der Waals surface area contributed by atoms with Crippen LogP contribution in [0.15, 0.2) is 59.9 Å². The van der Waals surface area contributed by atoms with Gasteiger partial charge in [0.25, 0.3) is 5.91 Å². The molecule has 0 N–H and O–H groups in total. The number of hydrogen-bond acceptors (Lipinski definition) is 4. The molecule has 1 aromatic heterocycles. The summed E-state index contributed by atoms with van der Waals surface area (Å²) in [6, 6.07) is 13.8. The van der Waals surface area contributed by atoms with E-state index < -0.39 is 5.54 Å². The van der Waals surface area contributed by atoms with Crippen molar-refractivity contribution in [1.82, 2.24) is 19.7 Å². The summed E-state index contributed by atoms with van der Waals surface area (Å²) in [4.78, 5) is 35.6. The first-order valence-electron chi connectivity index (χ1n) is 11.1. The molecule has 0 bridgehead atoms. The van der Waals surface area contributed by atoms with Crippen LogP contribution in [-0.4, -0.2) is 70.4 Å². The predicted octanol–water partition coefficient (Wildman–Crippen LogP) is 4.02. The number of nitrogens with zero attached hydrogens (tertiary/aromatic N) is 4. The number of likely N-dealkylation sites (N-methyl/N-ethyl adjacent to an activating group) is 1. The Morgan fingerprint density at radius 2 is 1.78 bits per heavy atom. The van der Waals surface area contributed by atoms with Crippen molar-refractivity contribution in [2.24, 2.45) is 0 Å². The molecule has 6 nitrogen and oxygen atoms in total. The minimum atomic E-state index is -0.722. The van der Waals surface area contributed by atoms with Gasteiger partial charge in [0, 0.05) is 50.7 Å². The number of carbonyl (C=O) groups excluding carboxylic acids is 2. The molecule has 0 atom stereocenters. The number of pyridine rings is 1. The number of piperidine rings is 1. The molecule has 1 aromatic carbocycles. The van der Waals surface area contributed by atoms with Crippen LogP contribution in [0.3, 0.4) is 0 Å². The SMILES string of the molecule is CN1C(=O)N(CCCc2ccncc2)C(=O)C12CCN(C/C(Cl)=C/c1ccccc1)CC2. The van der Waals surface area contributed by atoms with Crippen LogP contribution in [0.4, 0.5) is 4.79 Å². The van der Waals surface area contributed by atoms with Crippen molar-refractivity contribution in [3.63, 3.8) is 0 Å². The maximum atomic E-state index is 13.3. The highest BCUT2D eigenvalue weighted by atomic mass is 35.5. The molecule has 1 spiro atoms. The lowest BCUT2D eigenvalue weighted by Crippen LogP contribution is -2.55. The third-order valence-electron chi connectivity index (χ3n) is 6.58. The van der Waals surface area contributed by atoms with Crippen molar-refractivity contribution in [3.8, 4) is 0 Å². The van der Waals surface area contributed by atoms with E-state index in [0.717, 1.165) is 42.1 Å². The van der Waals surface area contributed by atoms with Crippen molar-refractivity contribution >= 4 is 29.6 Å². The summed E-state index contributed by atoms with van der Waals surface area (Å²) in [6.07, 6.45) is 8.33. The van der Waals surface area contributed by atoms with Crippen molar-refractivity contribution < 1.29 is 9.59 Å². The zero-order chi connectivity index (χ0) is 22.6. The molecule has 32 heavy (non-hydrogen) atoms. The van der Waals surface area contributed by atoms with Crippen molar-refractivity contribution in [2.75, 3.05) is 33.2 Å². The summed E-state index contributed by atoms with van der Waals surface area (Å²) in [5.74, 6) is -0.0506. The van der Waals surface area contributed by atoms with Gasteiger partial charge in [-0.15, -0.1) is 0 Å². The fraction of sp³-hybridized carbons (Fsp3) is 0.400. The molecule has 0 aliphatic carbocycles. The van der Waals surface area contributed by atoms with Gasteiger partial charge in [0.15, 0.2) is 0 Å². The molecule has 2 saturated heterocycles. The second-order valence-corrected chi connectivity index (χ2v) is 9.05. The van der Waals surface area contributed by atoms with E-state index in [1.54, 1.807) is 24.3 Å². The van der Waals surface area contributed by atoms with Crippen LogP contribution in [0.1, 0.15) is 30.4 Å². The van der Waals surface area contributed by atoms with Gasteiger partial charge in [-0.3, -0.25) is 19.6 Å². The van der Waals surface area contributed by atoms with Crippen molar-refractivity contribution in [1.29, 1.82) is 0 Å². The topological polar surface area (TPSA) is 56.8 Å². The number of imide groups is 1. The van der Waals surface area contributed by atoms with Crippen molar-refractivity contribution in [2.45, 2.75) is 31.2 Å². The smallest absolute Gasteiger partial charge is 0.312 e. The lowest BCUT2D eigenvalue weighted by Gasteiger charge is -2.40. The average molecular weight is 453 g/mol. The zero-order valence-electron chi connectivity index (χ0n) is 18.4. The standard InChI is InChI=1S/C25H29ClN4O2/c1-28-24(32)30(15-5-8-20-9-13-27-14-10-20)23(31)25(28)11-16-29(17-12-25)19-22(26)18-21-6-3-2-4-7-21/h2-4,6-7,9-10,13-14,18H,5,8,11-12,15-17,19H2,1H3/b22-18-. The fourth-order valence-electron chi connectivity index (χ4n) is 4.65. The van der Waals surface area contributed by atoms with Crippen LogP contribution in [0.2, 0.25) is 0 Å². The lowest BCUT2D eigenvalue weighted by atomic mass is 9.86. The lowest BCUT2D eigenvalue weighted by molar-refractivity contribution is -0.135. The number of urea groups is 1. The Morgan fingerprint density at radius 1 is 1.09 bits per heavy atom. The Bertz CT molecular complexity index is 972. The molecule has 7 heteroatoms. The Labute approximate surface area is 194 Å². The number of hydrogen-bond donors (Lipinski definition) is 0. The van der Waals surface area contributed by atoms with E-state index in [4.69, 9.17) is 11.6 Å². The largest absolute Gasteiger partial charge is 0.327 e. The van der Waals surface area contributed by atoms with Gasteiger partial charge in [0.1, 0.15) is 5.54 Å². The monoisotopic (exact) mass is 452 g/mol. The number of likely N-dealkylation sites (tertiary alicyclic amines) is 1. The van der Waals surface area contributed by atoms with E-state index in [1.807, 2.05) is 48.5 Å². The number of amides is 3. The van der Waals surface area contributed by atoms with E-state index in [-0.39, 0.29) is 11.9 Å². The van der Waals surface area contributed by atoms with Gasteiger partial charge in [-0.2, -0.15) is 0 Å². The highest BCUT2D eigenvalue weighted by molar-refractivity contribution is 6.31. The van der Waals surface area contributed by atoms with E-state index in [1.165, 1.54) is 4.90 Å². The molecule has 2 aliphatic heterocycles. The van der Waals surface area contributed by atoms with Gasteiger partial charge in [-0.05, 0) is 55.0 Å². The second-order valence-electron chi connectivity index (χ2n) is 8.57. The van der Waals surface area contributed by atoms with Gasteiger partial charge < -0.3 is 4.90 Å². The van der Waals surface area contributed by atoms with Gasteiger partial charge in [-0.25, -0.2) is 4.79 Å². The van der Waals surface area contributed by atoms with Crippen molar-refractivity contribution in [3.05, 3.63) is 71.0 Å². The van der Waals surface area contributed by atoms with Gasteiger partial charge in [0.2, 0.25) is 0 Å². The van der Waals surface area contributed by atoms with Crippen LogP contribution in [-0.2, 0) is 11.2 Å². The first-order valence-corrected chi connectivity index (χ1v) is 11.5. The summed E-state index contributed by atoms with van der Waals surface area (Å²) < 4.78 is 0. The number of carbonyl (C=O) groups is 2. The van der Waals surface area contributed by atoms with E-state index in [0.29, 0.717) is 25.9 Å². The highest BCUT2D eigenvalue weighted by Gasteiger charge is 2.56. The summed E-state index contributed by atoms with van der Waals surface area (Å²) in [6.45, 7) is 2.55. The summed E-state index contributed by atoms with van der Waals surface area (Å²) in [5.41, 5.74) is 1.51. The number of aromatic nitrogens is 1. The Balaban J connectivity index is 1.33. The molecule has 168 valence electrons. The Morgan fingerprint density at radius 3 is 2.47 bits per heavy atom. The van der Waals surface area contributed by atoms with Gasteiger partial charge in [0.05, 0.1) is 0 Å². The average Bonchev–Trinajstić information content (AvgIpc) is 2.98. The number of halogens is 1. The molecule has 0 unspecified atom stereocenters.